The van der Waals surface area contributed by atoms with Gasteiger partial charge in [0.05, 0.1) is 0 Å². The molecular formula is C6H9BrO3. The summed E-state index contributed by atoms with van der Waals surface area (Å²) in [6.45, 7) is 1.34. The predicted molar refractivity (Wildman–Crippen MR) is 40.3 cm³/mol. The largest absolute Gasteiger partial charge is 0.377 e. The van der Waals surface area contributed by atoms with Crippen LogP contribution in [0.15, 0.2) is 0 Å². The molecule has 0 spiro atoms. The van der Waals surface area contributed by atoms with E-state index in [1.165, 1.54) is 14.0 Å². The number of Topliss-reactive ketones (excluding diaryl/α,β-unsaturated/α-hetero) is 2. The van der Waals surface area contributed by atoms with E-state index in [0.717, 1.165) is 0 Å². The second-order valence-corrected chi connectivity index (χ2v) is 2.79. The normalized spacial score (nSPS) is 12.7. The number of rotatable bonds is 4. The number of halogens is 1. The number of ketones is 2. The van der Waals surface area contributed by atoms with E-state index in [1.807, 2.05) is 0 Å². The number of carbonyl (C=O) groups excluding carboxylic acids is 2. The van der Waals surface area contributed by atoms with E-state index >= 15 is 0 Å². The van der Waals surface area contributed by atoms with E-state index in [1.54, 1.807) is 0 Å². The molecule has 3 nitrogen and oxygen atoms in total. The van der Waals surface area contributed by atoms with Gasteiger partial charge in [-0.2, -0.15) is 0 Å². The first kappa shape index (κ1) is 9.78. The molecule has 0 bridgehead atoms. The van der Waals surface area contributed by atoms with E-state index < -0.39 is 4.83 Å². The third-order valence-electron chi connectivity index (χ3n) is 0.926. The van der Waals surface area contributed by atoms with Crippen LogP contribution in [0.2, 0.25) is 0 Å². The molecule has 1 unspecified atom stereocenters. The number of carbonyl (C=O) groups is 2. The smallest absolute Gasteiger partial charge is 0.179 e. The van der Waals surface area contributed by atoms with Crippen LogP contribution in [-0.2, 0) is 14.3 Å². The van der Waals surface area contributed by atoms with Crippen LogP contribution in [0.3, 0.4) is 0 Å². The van der Waals surface area contributed by atoms with Crippen LogP contribution in [0.5, 0.6) is 0 Å². The maximum atomic E-state index is 10.8. The monoisotopic (exact) mass is 208 g/mol. The topological polar surface area (TPSA) is 43.4 Å². The summed E-state index contributed by atoms with van der Waals surface area (Å²) in [4.78, 5) is 20.6. The SMILES string of the molecule is COCC(=O)C(Br)C(C)=O. The molecule has 0 aromatic rings. The Kier molecular flexibility index (Phi) is 4.47. The summed E-state index contributed by atoms with van der Waals surface area (Å²) in [6.07, 6.45) is 0. The van der Waals surface area contributed by atoms with Crippen molar-refractivity contribution in [3.63, 3.8) is 0 Å². The fourth-order valence-corrected chi connectivity index (χ4v) is 0.574. The number of hydrogen-bond donors (Lipinski definition) is 0. The summed E-state index contributed by atoms with van der Waals surface area (Å²) in [5, 5.41) is 0. The lowest BCUT2D eigenvalue weighted by Crippen LogP contribution is -2.25. The summed E-state index contributed by atoms with van der Waals surface area (Å²) >= 11 is 2.93. The Morgan fingerprint density at radius 1 is 1.60 bits per heavy atom. The maximum Gasteiger partial charge on any atom is 0.179 e. The zero-order valence-corrected chi connectivity index (χ0v) is 7.47. The average Bonchev–Trinajstić information content (AvgIpc) is 1.87. The van der Waals surface area contributed by atoms with Crippen molar-refractivity contribution >= 4 is 27.5 Å². The lowest BCUT2D eigenvalue weighted by atomic mass is 10.2. The molecule has 0 saturated heterocycles. The second-order valence-electron chi connectivity index (χ2n) is 1.87. The third kappa shape index (κ3) is 3.08. The van der Waals surface area contributed by atoms with Crippen molar-refractivity contribution in [1.29, 1.82) is 0 Å². The quantitative estimate of drug-likeness (QED) is 0.501. The molecule has 0 aliphatic rings. The first-order valence-electron chi connectivity index (χ1n) is 2.75. The van der Waals surface area contributed by atoms with E-state index in [4.69, 9.17) is 0 Å². The first-order chi connectivity index (χ1) is 4.59. The standard InChI is InChI=1S/C6H9BrO3/c1-4(8)6(7)5(9)3-10-2/h6H,3H2,1-2H3. The zero-order chi connectivity index (χ0) is 8.15. The molecular weight excluding hydrogens is 200 g/mol. The Hall–Kier alpha value is -0.220. The number of hydrogen-bond acceptors (Lipinski definition) is 3. The summed E-state index contributed by atoms with van der Waals surface area (Å²) in [5.41, 5.74) is 0. The summed E-state index contributed by atoms with van der Waals surface area (Å²) in [6, 6.07) is 0. The van der Waals surface area contributed by atoms with E-state index in [9.17, 15) is 9.59 Å². The average molecular weight is 209 g/mol. The molecule has 10 heavy (non-hydrogen) atoms. The van der Waals surface area contributed by atoms with Gasteiger partial charge < -0.3 is 4.74 Å². The molecule has 0 aliphatic heterocycles. The Morgan fingerprint density at radius 2 is 2.10 bits per heavy atom. The first-order valence-corrected chi connectivity index (χ1v) is 3.67. The van der Waals surface area contributed by atoms with E-state index in [0.29, 0.717) is 0 Å². The lowest BCUT2D eigenvalue weighted by molar-refractivity contribution is -0.127. The molecule has 4 heteroatoms. The summed E-state index contributed by atoms with van der Waals surface area (Å²) in [5.74, 6) is -0.433. The molecule has 0 N–H and O–H groups in total. The van der Waals surface area contributed by atoms with Crippen LogP contribution in [0.1, 0.15) is 6.92 Å². The van der Waals surface area contributed by atoms with Gasteiger partial charge in [-0.1, -0.05) is 15.9 Å². The number of ether oxygens (including phenoxy) is 1. The molecule has 58 valence electrons. The molecule has 0 fully saturated rings. The van der Waals surface area contributed by atoms with Crippen LogP contribution in [-0.4, -0.2) is 30.1 Å². The van der Waals surface area contributed by atoms with Crippen molar-refractivity contribution in [3.05, 3.63) is 0 Å². The van der Waals surface area contributed by atoms with Crippen molar-refractivity contribution in [1.82, 2.24) is 0 Å². The van der Waals surface area contributed by atoms with Crippen LogP contribution >= 0.6 is 15.9 Å². The number of methoxy groups -OCH3 is 1. The lowest BCUT2D eigenvalue weighted by Gasteiger charge is -2.01. The Balaban J connectivity index is 3.82. The van der Waals surface area contributed by atoms with Gasteiger partial charge in [0.25, 0.3) is 0 Å². The predicted octanol–water partition coefficient (Wildman–Crippen LogP) is 0.554. The molecule has 0 rings (SSSR count). The fourth-order valence-electron chi connectivity index (χ4n) is 0.442. The Bertz CT molecular complexity index is 144. The van der Waals surface area contributed by atoms with E-state index in [-0.39, 0.29) is 18.2 Å². The van der Waals surface area contributed by atoms with Crippen LogP contribution in [0.4, 0.5) is 0 Å². The molecule has 1 atom stereocenters. The minimum absolute atomic E-state index is 0.0184. The Morgan fingerprint density at radius 3 is 2.40 bits per heavy atom. The highest BCUT2D eigenvalue weighted by atomic mass is 79.9. The van der Waals surface area contributed by atoms with Gasteiger partial charge in [-0.05, 0) is 6.92 Å². The maximum absolute atomic E-state index is 10.8. The molecule has 0 aliphatic carbocycles. The van der Waals surface area contributed by atoms with Crippen molar-refractivity contribution in [2.75, 3.05) is 13.7 Å². The second kappa shape index (κ2) is 4.57. The van der Waals surface area contributed by atoms with Gasteiger partial charge >= 0.3 is 0 Å². The molecule has 0 saturated carbocycles. The van der Waals surface area contributed by atoms with E-state index in [2.05, 4.69) is 20.7 Å². The van der Waals surface area contributed by atoms with Gasteiger partial charge in [0.2, 0.25) is 0 Å². The minimum atomic E-state index is -0.701. The summed E-state index contributed by atoms with van der Waals surface area (Å²) < 4.78 is 4.54. The highest BCUT2D eigenvalue weighted by Crippen LogP contribution is 2.01. The molecule has 0 aromatic carbocycles. The van der Waals surface area contributed by atoms with Gasteiger partial charge in [-0.15, -0.1) is 0 Å². The fraction of sp³-hybridized carbons (Fsp3) is 0.667. The van der Waals surface area contributed by atoms with Gasteiger partial charge in [0, 0.05) is 7.11 Å². The van der Waals surface area contributed by atoms with Crippen LogP contribution < -0.4 is 0 Å². The van der Waals surface area contributed by atoms with Crippen molar-refractivity contribution < 1.29 is 14.3 Å². The van der Waals surface area contributed by atoms with Crippen LogP contribution in [0.25, 0.3) is 0 Å². The van der Waals surface area contributed by atoms with Gasteiger partial charge in [-0.25, -0.2) is 0 Å². The van der Waals surface area contributed by atoms with Crippen molar-refractivity contribution in [3.8, 4) is 0 Å². The van der Waals surface area contributed by atoms with Crippen molar-refractivity contribution in [2.24, 2.45) is 0 Å². The highest BCUT2D eigenvalue weighted by molar-refractivity contribution is 9.10. The van der Waals surface area contributed by atoms with Crippen molar-refractivity contribution in [2.45, 2.75) is 11.8 Å². The zero-order valence-electron chi connectivity index (χ0n) is 5.89. The molecule has 0 heterocycles. The minimum Gasteiger partial charge on any atom is -0.377 e. The third-order valence-corrected chi connectivity index (χ3v) is 2.08. The Labute approximate surface area is 67.9 Å². The van der Waals surface area contributed by atoms with Gasteiger partial charge in [-0.3, -0.25) is 9.59 Å². The van der Waals surface area contributed by atoms with Crippen LogP contribution in [0, 0.1) is 0 Å². The molecule has 0 radical (unpaired) electrons. The molecule has 0 amide bonds. The highest BCUT2D eigenvalue weighted by Gasteiger charge is 2.18. The molecule has 0 aromatic heterocycles. The van der Waals surface area contributed by atoms with Gasteiger partial charge in [0.15, 0.2) is 11.6 Å². The van der Waals surface area contributed by atoms with Gasteiger partial charge in [0.1, 0.15) is 11.4 Å². The number of alkyl halides is 1. The summed E-state index contributed by atoms with van der Waals surface area (Å²) in [7, 11) is 1.41.